The summed E-state index contributed by atoms with van der Waals surface area (Å²) < 4.78 is 0. The Kier molecular flexibility index (Phi) is 6.03. The van der Waals surface area contributed by atoms with Crippen LogP contribution in [0.15, 0.2) is 42.6 Å². The van der Waals surface area contributed by atoms with Gasteiger partial charge in [0.2, 0.25) is 5.91 Å². The molecule has 0 aliphatic heterocycles. The molecule has 28 heavy (non-hydrogen) atoms. The number of carbonyl (C=O) groups excluding carboxylic acids is 3. The Labute approximate surface area is 163 Å². The third kappa shape index (κ3) is 4.54. The summed E-state index contributed by atoms with van der Waals surface area (Å²) in [6, 6.07) is 9.99. The number of amides is 3. The fraction of sp³-hybridized carbons (Fsp3) is 0.333. The third-order valence-electron chi connectivity index (χ3n) is 5.11. The minimum atomic E-state index is -0.599. The van der Waals surface area contributed by atoms with E-state index in [1.807, 2.05) is 11.9 Å². The summed E-state index contributed by atoms with van der Waals surface area (Å²) in [6.45, 7) is 0. The van der Waals surface area contributed by atoms with Gasteiger partial charge in [-0.3, -0.25) is 19.4 Å². The number of nitrogens with two attached hydrogens (primary N) is 1. The van der Waals surface area contributed by atoms with Crippen LogP contribution >= 0.6 is 0 Å². The van der Waals surface area contributed by atoms with Crippen molar-refractivity contribution in [3.63, 3.8) is 0 Å². The van der Waals surface area contributed by atoms with Gasteiger partial charge in [-0.15, -0.1) is 0 Å². The Morgan fingerprint density at radius 3 is 2.21 bits per heavy atom. The average Bonchev–Trinajstić information content (AvgIpc) is 2.74. The molecule has 0 radical (unpaired) electrons. The second kappa shape index (κ2) is 8.65. The van der Waals surface area contributed by atoms with Gasteiger partial charge >= 0.3 is 0 Å². The van der Waals surface area contributed by atoms with E-state index in [0.29, 0.717) is 17.3 Å². The van der Waals surface area contributed by atoms with Crippen LogP contribution in [0.1, 0.15) is 63.3 Å². The molecular weight excluding hydrogens is 356 g/mol. The molecule has 0 unspecified atom stereocenters. The van der Waals surface area contributed by atoms with Gasteiger partial charge in [-0.25, -0.2) is 0 Å². The largest absolute Gasteiger partial charge is 0.366 e. The number of primary amides is 1. The number of benzene rings is 1. The van der Waals surface area contributed by atoms with Crippen molar-refractivity contribution in [2.75, 3.05) is 12.4 Å². The molecule has 0 atom stereocenters. The molecule has 0 saturated heterocycles. The molecule has 1 aromatic heterocycles. The first-order valence-electron chi connectivity index (χ1n) is 9.40. The Hall–Kier alpha value is -3.22. The van der Waals surface area contributed by atoms with Crippen LogP contribution in [-0.4, -0.2) is 40.7 Å². The zero-order chi connectivity index (χ0) is 20.1. The first-order chi connectivity index (χ1) is 13.5. The fourth-order valence-electron chi connectivity index (χ4n) is 3.40. The summed E-state index contributed by atoms with van der Waals surface area (Å²) in [6.07, 6.45) is 6.95. The van der Waals surface area contributed by atoms with E-state index in [4.69, 9.17) is 5.73 Å². The number of hydrogen-bond acceptors (Lipinski definition) is 4. The van der Waals surface area contributed by atoms with Crippen LogP contribution in [0.4, 0.5) is 5.69 Å². The maximum Gasteiger partial charge on any atom is 0.274 e. The molecule has 3 N–H and O–H groups in total. The van der Waals surface area contributed by atoms with Gasteiger partial charge in [-0.05, 0) is 49.2 Å². The van der Waals surface area contributed by atoms with Crippen molar-refractivity contribution in [3.05, 3.63) is 59.4 Å². The monoisotopic (exact) mass is 380 g/mol. The van der Waals surface area contributed by atoms with Gasteiger partial charge in [0.25, 0.3) is 11.8 Å². The molecule has 1 aromatic carbocycles. The molecule has 3 rings (SSSR count). The van der Waals surface area contributed by atoms with Gasteiger partial charge in [0.1, 0.15) is 5.69 Å². The molecule has 1 aliphatic rings. The summed E-state index contributed by atoms with van der Waals surface area (Å²) in [4.78, 5) is 41.8. The Balaban J connectivity index is 1.62. The second-order valence-electron chi connectivity index (χ2n) is 7.04. The lowest BCUT2D eigenvalue weighted by Gasteiger charge is -2.31. The summed E-state index contributed by atoms with van der Waals surface area (Å²) >= 11 is 0. The summed E-state index contributed by atoms with van der Waals surface area (Å²) in [5.41, 5.74) is 6.72. The van der Waals surface area contributed by atoms with Crippen molar-refractivity contribution in [1.82, 2.24) is 9.88 Å². The number of rotatable bonds is 5. The third-order valence-corrected chi connectivity index (χ3v) is 5.11. The van der Waals surface area contributed by atoms with E-state index in [2.05, 4.69) is 10.3 Å². The molecule has 7 heteroatoms. The molecule has 0 spiro atoms. The van der Waals surface area contributed by atoms with Gasteiger partial charge in [0, 0.05) is 30.5 Å². The molecular formula is C21H24N4O3. The van der Waals surface area contributed by atoms with Crippen molar-refractivity contribution in [3.8, 4) is 0 Å². The number of nitrogens with one attached hydrogen (secondary N) is 1. The molecule has 146 valence electrons. The SMILES string of the molecule is CN(C(=O)c1ccc(NC(=O)c2ccc(C(N)=O)cn2)cc1)C1CCCCC1. The van der Waals surface area contributed by atoms with Crippen molar-refractivity contribution in [2.24, 2.45) is 5.73 Å². The zero-order valence-electron chi connectivity index (χ0n) is 15.9. The highest BCUT2D eigenvalue weighted by molar-refractivity contribution is 6.03. The summed E-state index contributed by atoms with van der Waals surface area (Å²) in [7, 11) is 1.86. The van der Waals surface area contributed by atoms with Crippen LogP contribution in [0.2, 0.25) is 0 Å². The number of carbonyl (C=O) groups is 3. The predicted octanol–water partition coefficient (Wildman–Crippen LogP) is 2.84. The summed E-state index contributed by atoms with van der Waals surface area (Å²) in [5, 5.41) is 2.72. The first kappa shape index (κ1) is 19.5. The second-order valence-corrected chi connectivity index (χ2v) is 7.04. The average molecular weight is 380 g/mol. The fourth-order valence-corrected chi connectivity index (χ4v) is 3.40. The molecule has 1 saturated carbocycles. The number of anilines is 1. The van der Waals surface area contributed by atoms with E-state index in [0.717, 1.165) is 12.8 Å². The van der Waals surface area contributed by atoms with Crippen molar-refractivity contribution in [1.29, 1.82) is 0 Å². The number of nitrogens with zero attached hydrogens (tertiary/aromatic N) is 2. The van der Waals surface area contributed by atoms with E-state index in [1.165, 1.54) is 37.6 Å². The quantitative estimate of drug-likeness (QED) is 0.832. The highest BCUT2D eigenvalue weighted by Crippen LogP contribution is 2.23. The Morgan fingerprint density at radius 1 is 1.00 bits per heavy atom. The van der Waals surface area contributed by atoms with E-state index in [-0.39, 0.29) is 17.2 Å². The van der Waals surface area contributed by atoms with Gasteiger partial charge < -0.3 is 16.0 Å². The van der Waals surface area contributed by atoms with Gasteiger partial charge in [-0.1, -0.05) is 19.3 Å². The Morgan fingerprint density at radius 2 is 1.64 bits per heavy atom. The highest BCUT2D eigenvalue weighted by atomic mass is 16.2. The van der Waals surface area contributed by atoms with Gasteiger partial charge in [0.05, 0.1) is 5.56 Å². The predicted molar refractivity (Wildman–Crippen MR) is 106 cm³/mol. The van der Waals surface area contributed by atoms with Crippen molar-refractivity contribution < 1.29 is 14.4 Å². The standard InChI is InChI=1S/C21H24N4O3/c1-25(17-5-3-2-4-6-17)21(28)14-7-10-16(11-8-14)24-20(27)18-12-9-15(13-23-18)19(22)26/h7-13,17H,2-6H2,1H3,(H2,22,26)(H,24,27). The van der Waals surface area contributed by atoms with Crippen LogP contribution in [0.25, 0.3) is 0 Å². The molecule has 3 amide bonds. The lowest BCUT2D eigenvalue weighted by Crippen LogP contribution is -2.38. The lowest BCUT2D eigenvalue weighted by atomic mass is 9.94. The van der Waals surface area contributed by atoms with Crippen LogP contribution < -0.4 is 11.1 Å². The van der Waals surface area contributed by atoms with Crippen LogP contribution in [0.3, 0.4) is 0 Å². The van der Waals surface area contributed by atoms with E-state index < -0.39 is 11.8 Å². The highest BCUT2D eigenvalue weighted by Gasteiger charge is 2.23. The van der Waals surface area contributed by atoms with Gasteiger partial charge in [0.15, 0.2) is 0 Å². The maximum absolute atomic E-state index is 12.7. The number of pyridine rings is 1. The molecule has 2 aromatic rings. The van der Waals surface area contributed by atoms with Crippen molar-refractivity contribution >= 4 is 23.4 Å². The number of hydrogen-bond donors (Lipinski definition) is 2. The van der Waals surface area contributed by atoms with Crippen molar-refractivity contribution in [2.45, 2.75) is 38.1 Å². The van der Waals surface area contributed by atoms with E-state index >= 15 is 0 Å². The molecule has 1 heterocycles. The summed E-state index contributed by atoms with van der Waals surface area (Å²) in [5.74, 6) is -1.01. The first-order valence-corrected chi connectivity index (χ1v) is 9.40. The van der Waals surface area contributed by atoms with Crippen LogP contribution in [0.5, 0.6) is 0 Å². The molecule has 7 nitrogen and oxygen atoms in total. The maximum atomic E-state index is 12.7. The minimum Gasteiger partial charge on any atom is -0.366 e. The zero-order valence-corrected chi connectivity index (χ0v) is 15.9. The minimum absolute atomic E-state index is 0.00603. The van der Waals surface area contributed by atoms with Crippen LogP contribution in [-0.2, 0) is 0 Å². The molecule has 0 bridgehead atoms. The van der Waals surface area contributed by atoms with Gasteiger partial charge in [-0.2, -0.15) is 0 Å². The molecule has 1 aliphatic carbocycles. The smallest absolute Gasteiger partial charge is 0.274 e. The van der Waals surface area contributed by atoms with E-state index in [9.17, 15) is 14.4 Å². The lowest BCUT2D eigenvalue weighted by molar-refractivity contribution is 0.0696. The molecule has 1 fully saturated rings. The topological polar surface area (TPSA) is 105 Å². The van der Waals surface area contributed by atoms with Crippen LogP contribution in [0, 0.1) is 0 Å². The van der Waals surface area contributed by atoms with E-state index in [1.54, 1.807) is 24.3 Å². The Bertz CT molecular complexity index is 856. The normalized spacial score (nSPS) is 14.3. The number of aromatic nitrogens is 1.